The molecule has 0 saturated carbocycles. The molecule has 7 heteroatoms. The highest BCUT2D eigenvalue weighted by molar-refractivity contribution is 6.30. The van der Waals surface area contributed by atoms with E-state index in [4.69, 9.17) is 25.7 Å². The Morgan fingerprint density at radius 3 is 2.69 bits per heavy atom. The van der Waals surface area contributed by atoms with Crippen molar-refractivity contribution in [1.82, 2.24) is 14.9 Å². The number of nitrogens with one attached hydrogen (secondary N) is 1. The zero-order chi connectivity index (χ0) is 22.2. The van der Waals surface area contributed by atoms with Gasteiger partial charge in [0, 0.05) is 24.5 Å². The van der Waals surface area contributed by atoms with E-state index in [1.54, 1.807) is 12.1 Å². The van der Waals surface area contributed by atoms with Crippen molar-refractivity contribution in [3.8, 4) is 5.75 Å². The van der Waals surface area contributed by atoms with E-state index >= 15 is 0 Å². The van der Waals surface area contributed by atoms with Gasteiger partial charge >= 0.3 is 0 Å². The number of nitrogens with zero attached hydrogens (tertiary/aromatic N) is 2. The van der Waals surface area contributed by atoms with E-state index in [-0.39, 0.29) is 5.91 Å². The van der Waals surface area contributed by atoms with Crippen LogP contribution in [0.2, 0.25) is 5.02 Å². The summed E-state index contributed by atoms with van der Waals surface area (Å²) in [7, 11) is 0. The largest absolute Gasteiger partial charge is 0.494 e. The molecule has 2 aromatic carbocycles. The van der Waals surface area contributed by atoms with Crippen LogP contribution in [0.3, 0.4) is 0 Å². The van der Waals surface area contributed by atoms with Crippen molar-refractivity contribution in [1.29, 1.82) is 0 Å². The van der Waals surface area contributed by atoms with Crippen LogP contribution < -0.4 is 10.1 Å². The molecule has 4 rings (SSSR count). The SMILES string of the molecule is O=C(NCCCc1nc2ccccc2n1CCCCOc1ccc(Cl)cc1)c1ccco1. The smallest absolute Gasteiger partial charge is 0.286 e. The number of aromatic nitrogens is 2. The maximum absolute atomic E-state index is 12.0. The summed E-state index contributed by atoms with van der Waals surface area (Å²) in [5.74, 6) is 2.01. The van der Waals surface area contributed by atoms with E-state index in [0.29, 0.717) is 23.9 Å². The topological polar surface area (TPSA) is 69.3 Å². The van der Waals surface area contributed by atoms with Crippen LogP contribution in [0.5, 0.6) is 5.75 Å². The highest BCUT2D eigenvalue weighted by Crippen LogP contribution is 2.19. The van der Waals surface area contributed by atoms with Gasteiger partial charge in [-0.25, -0.2) is 4.98 Å². The van der Waals surface area contributed by atoms with Gasteiger partial charge in [0.05, 0.1) is 23.9 Å². The molecular formula is C25H26ClN3O3. The van der Waals surface area contributed by atoms with Crippen molar-refractivity contribution in [3.63, 3.8) is 0 Å². The Balaban J connectivity index is 1.28. The van der Waals surface area contributed by atoms with Gasteiger partial charge in [0.2, 0.25) is 0 Å². The third-order valence-electron chi connectivity index (χ3n) is 5.20. The minimum absolute atomic E-state index is 0.191. The summed E-state index contributed by atoms with van der Waals surface area (Å²) in [6.07, 6.45) is 5.01. The van der Waals surface area contributed by atoms with Crippen molar-refractivity contribution in [3.05, 3.63) is 83.5 Å². The Labute approximate surface area is 192 Å². The zero-order valence-electron chi connectivity index (χ0n) is 17.8. The molecule has 0 bridgehead atoms. The van der Waals surface area contributed by atoms with Gasteiger partial charge in [0.15, 0.2) is 5.76 Å². The number of ether oxygens (including phenoxy) is 1. The van der Waals surface area contributed by atoms with Crippen LogP contribution in [0, 0.1) is 0 Å². The summed E-state index contributed by atoms with van der Waals surface area (Å²) in [6, 6.07) is 19.0. The third-order valence-corrected chi connectivity index (χ3v) is 5.45. The highest BCUT2D eigenvalue weighted by Gasteiger charge is 2.11. The van der Waals surface area contributed by atoms with Crippen LogP contribution in [0.25, 0.3) is 11.0 Å². The molecule has 1 N–H and O–H groups in total. The lowest BCUT2D eigenvalue weighted by molar-refractivity contribution is 0.0925. The summed E-state index contributed by atoms with van der Waals surface area (Å²) in [5, 5.41) is 3.60. The molecular weight excluding hydrogens is 426 g/mol. The van der Waals surface area contributed by atoms with Gasteiger partial charge in [0.1, 0.15) is 11.6 Å². The number of carbonyl (C=O) groups is 1. The number of hydrogen-bond donors (Lipinski definition) is 1. The first kappa shape index (κ1) is 22.0. The maximum atomic E-state index is 12.0. The van der Waals surface area contributed by atoms with Crippen LogP contribution in [-0.4, -0.2) is 28.6 Å². The lowest BCUT2D eigenvalue weighted by atomic mass is 10.2. The first-order valence-corrected chi connectivity index (χ1v) is 11.2. The summed E-state index contributed by atoms with van der Waals surface area (Å²) < 4.78 is 13.2. The first-order valence-electron chi connectivity index (χ1n) is 10.8. The minimum Gasteiger partial charge on any atom is -0.494 e. The second-order valence-electron chi connectivity index (χ2n) is 7.51. The molecule has 0 aliphatic heterocycles. The van der Waals surface area contributed by atoms with Crippen molar-refractivity contribution in [2.24, 2.45) is 0 Å². The highest BCUT2D eigenvalue weighted by atomic mass is 35.5. The van der Waals surface area contributed by atoms with Crippen molar-refractivity contribution in [2.75, 3.05) is 13.2 Å². The van der Waals surface area contributed by atoms with Crippen LogP contribution in [0.1, 0.15) is 35.6 Å². The van der Waals surface area contributed by atoms with Gasteiger partial charge in [-0.1, -0.05) is 23.7 Å². The Kier molecular flexibility index (Phi) is 7.46. The molecule has 0 atom stereocenters. The standard InChI is InChI=1S/C25H26ClN3O3/c26-19-11-13-20(14-12-19)31-17-4-3-16-29-22-8-2-1-7-21(22)28-24(29)10-5-15-27-25(30)23-9-6-18-32-23/h1-2,6-9,11-14,18H,3-5,10,15-17H2,(H,27,30). The molecule has 4 aromatic rings. The molecule has 0 aliphatic rings. The maximum Gasteiger partial charge on any atom is 0.286 e. The number of hydrogen-bond acceptors (Lipinski definition) is 4. The third kappa shape index (κ3) is 5.71. The minimum atomic E-state index is -0.191. The van der Waals surface area contributed by atoms with Crippen LogP contribution in [0.15, 0.2) is 71.3 Å². The van der Waals surface area contributed by atoms with Gasteiger partial charge in [-0.05, 0) is 67.8 Å². The number of amides is 1. The number of halogens is 1. The predicted octanol–water partition coefficient (Wildman–Crippen LogP) is 5.50. The Morgan fingerprint density at radius 2 is 1.88 bits per heavy atom. The van der Waals surface area contributed by atoms with E-state index in [9.17, 15) is 4.79 Å². The van der Waals surface area contributed by atoms with Gasteiger partial charge in [0.25, 0.3) is 5.91 Å². The average molecular weight is 452 g/mol. The first-order chi connectivity index (χ1) is 15.7. The molecule has 32 heavy (non-hydrogen) atoms. The number of para-hydroxylation sites is 2. The fourth-order valence-electron chi connectivity index (χ4n) is 3.60. The quantitative estimate of drug-likeness (QED) is 0.305. The lowest BCUT2D eigenvalue weighted by Gasteiger charge is -2.10. The van der Waals surface area contributed by atoms with E-state index in [1.165, 1.54) is 6.26 Å². The number of carbonyl (C=O) groups excluding carboxylic acids is 1. The van der Waals surface area contributed by atoms with E-state index in [2.05, 4.69) is 16.0 Å². The Hall–Kier alpha value is -3.25. The van der Waals surface area contributed by atoms with Gasteiger partial charge in [-0.15, -0.1) is 0 Å². The molecule has 0 saturated heterocycles. The summed E-state index contributed by atoms with van der Waals surface area (Å²) in [6.45, 7) is 2.10. The molecule has 1 amide bonds. The number of imidazole rings is 1. The summed E-state index contributed by atoms with van der Waals surface area (Å²) >= 11 is 5.91. The number of rotatable bonds is 11. The molecule has 0 aliphatic carbocycles. The van der Waals surface area contributed by atoms with Gasteiger partial charge in [-0.3, -0.25) is 4.79 Å². The second kappa shape index (κ2) is 10.9. The van der Waals surface area contributed by atoms with Crippen molar-refractivity contribution < 1.29 is 13.9 Å². The Bertz CT molecular complexity index is 1140. The van der Waals surface area contributed by atoms with E-state index < -0.39 is 0 Å². The summed E-state index contributed by atoms with van der Waals surface area (Å²) in [5.41, 5.74) is 2.14. The lowest BCUT2D eigenvalue weighted by Crippen LogP contribution is -2.24. The fraction of sp³-hybridized carbons (Fsp3) is 0.280. The van der Waals surface area contributed by atoms with Gasteiger partial charge < -0.3 is 19.0 Å². The van der Waals surface area contributed by atoms with Crippen LogP contribution in [-0.2, 0) is 13.0 Å². The molecule has 0 radical (unpaired) electrons. The molecule has 0 spiro atoms. The fourth-order valence-corrected chi connectivity index (χ4v) is 3.73. The zero-order valence-corrected chi connectivity index (χ0v) is 18.6. The average Bonchev–Trinajstić information content (AvgIpc) is 3.46. The van der Waals surface area contributed by atoms with Crippen molar-refractivity contribution >= 4 is 28.5 Å². The number of benzene rings is 2. The normalized spacial score (nSPS) is 11.0. The van der Waals surface area contributed by atoms with Crippen molar-refractivity contribution in [2.45, 2.75) is 32.2 Å². The second-order valence-corrected chi connectivity index (χ2v) is 7.95. The molecule has 6 nitrogen and oxygen atoms in total. The van der Waals surface area contributed by atoms with Crippen LogP contribution in [0.4, 0.5) is 0 Å². The molecule has 166 valence electrons. The number of furan rings is 1. The monoisotopic (exact) mass is 451 g/mol. The molecule has 2 heterocycles. The van der Waals surface area contributed by atoms with E-state index in [1.807, 2.05) is 42.5 Å². The molecule has 2 aromatic heterocycles. The van der Waals surface area contributed by atoms with Gasteiger partial charge in [-0.2, -0.15) is 0 Å². The van der Waals surface area contributed by atoms with E-state index in [0.717, 1.165) is 54.8 Å². The van der Waals surface area contributed by atoms with Crippen LogP contribution >= 0.6 is 11.6 Å². The molecule has 0 fully saturated rings. The Morgan fingerprint density at radius 1 is 1.03 bits per heavy atom. The number of unbranched alkanes of at least 4 members (excludes halogenated alkanes) is 1. The summed E-state index contributed by atoms with van der Waals surface area (Å²) in [4.78, 5) is 16.8. The predicted molar refractivity (Wildman–Crippen MR) is 125 cm³/mol. The molecule has 0 unspecified atom stereocenters. The number of aryl methyl sites for hydroxylation is 2. The number of fused-ring (bicyclic) bond motifs is 1.